The molecule has 1 aromatic carbocycles. The number of halogens is 1. The molecule has 0 aliphatic heterocycles. The quantitative estimate of drug-likeness (QED) is 0.793. The van der Waals surface area contributed by atoms with Gasteiger partial charge in [0, 0.05) is 23.5 Å². The lowest BCUT2D eigenvalue weighted by molar-refractivity contribution is 0.1000. The maximum atomic E-state index is 12.5. The number of aromatic nitrogens is 2. The van der Waals surface area contributed by atoms with Gasteiger partial charge in [-0.25, -0.2) is 4.98 Å². The molecule has 0 unspecified atom stereocenters. The Labute approximate surface area is 115 Å². The van der Waals surface area contributed by atoms with Crippen molar-refractivity contribution in [3.63, 3.8) is 0 Å². The second kappa shape index (κ2) is 4.92. The number of fused-ring (bicyclic) bond motifs is 3. The van der Waals surface area contributed by atoms with Crippen LogP contribution in [0.4, 0.5) is 4.39 Å². The third kappa shape index (κ3) is 1.91. The molecule has 2 N–H and O–H groups in total. The number of para-hydroxylation sites is 1. The summed E-state index contributed by atoms with van der Waals surface area (Å²) in [6.07, 6.45) is 1.91. The Morgan fingerprint density at radius 3 is 2.85 bits per heavy atom. The number of amides is 1. The fourth-order valence-electron chi connectivity index (χ4n) is 2.50. The normalized spacial score (nSPS) is 11.2. The van der Waals surface area contributed by atoms with Crippen molar-refractivity contribution in [2.45, 2.75) is 13.0 Å². The third-order valence-electron chi connectivity index (χ3n) is 3.41. The Balaban J connectivity index is 2.32. The van der Waals surface area contributed by atoms with E-state index in [1.165, 1.54) is 6.20 Å². The van der Waals surface area contributed by atoms with Crippen molar-refractivity contribution in [3.8, 4) is 0 Å². The van der Waals surface area contributed by atoms with E-state index >= 15 is 0 Å². The van der Waals surface area contributed by atoms with Crippen LogP contribution < -0.4 is 5.73 Å². The Morgan fingerprint density at radius 2 is 2.10 bits per heavy atom. The van der Waals surface area contributed by atoms with Gasteiger partial charge < -0.3 is 10.3 Å². The van der Waals surface area contributed by atoms with E-state index in [1.807, 2.05) is 28.8 Å². The minimum atomic E-state index is -0.500. The van der Waals surface area contributed by atoms with Gasteiger partial charge in [-0.2, -0.15) is 0 Å². The Bertz CT molecular complexity index is 794. The largest absolute Gasteiger partial charge is 0.366 e. The van der Waals surface area contributed by atoms with Crippen molar-refractivity contribution in [2.75, 3.05) is 6.67 Å². The zero-order valence-electron chi connectivity index (χ0n) is 10.8. The molecule has 0 radical (unpaired) electrons. The topological polar surface area (TPSA) is 60.9 Å². The van der Waals surface area contributed by atoms with Crippen molar-refractivity contribution in [2.24, 2.45) is 5.73 Å². The number of nitrogens with two attached hydrogens (primary N) is 1. The summed E-state index contributed by atoms with van der Waals surface area (Å²) in [5.41, 5.74) is 7.43. The number of alkyl halides is 1. The maximum Gasteiger partial charge on any atom is 0.250 e. The molecule has 0 saturated heterocycles. The van der Waals surface area contributed by atoms with E-state index in [9.17, 15) is 9.18 Å². The third-order valence-corrected chi connectivity index (χ3v) is 3.41. The molecule has 20 heavy (non-hydrogen) atoms. The molecule has 0 fully saturated rings. The first kappa shape index (κ1) is 12.6. The number of hydrogen-bond acceptors (Lipinski definition) is 2. The molecule has 0 aliphatic rings. The Hall–Kier alpha value is -2.43. The average Bonchev–Trinajstić information content (AvgIpc) is 2.78. The van der Waals surface area contributed by atoms with Gasteiger partial charge in [0.15, 0.2) is 0 Å². The van der Waals surface area contributed by atoms with Crippen LogP contribution in [-0.2, 0) is 6.54 Å². The Kier molecular flexibility index (Phi) is 3.10. The van der Waals surface area contributed by atoms with E-state index in [0.29, 0.717) is 18.5 Å². The van der Waals surface area contributed by atoms with Gasteiger partial charge in [-0.15, -0.1) is 0 Å². The van der Waals surface area contributed by atoms with Gasteiger partial charge in [0.25, 0.3) is 0 Å². The van der Waals surface area contributed by atoms with Gasteiger partial charge in [-0.05, 0) is 18.6 Å². The highest BCUT2D eigenvalue weighted by Crippen LogP contribution is 2.28. The maximum absolute atomic E-state index is 12.5. The molecule has 2 heterocycles. The monoisotopic (exact) mass is 271 g/mol. The molecule has 4 nitrogen and oxygen atoms in total. The second-order valence-corrected chi connectivity index (χ2v) is 4.67. The zero-order valence-corrected chi connectivity index (χ0v) is 10.8. The van der Waals surface area contributed by atoms with E-state index in [0.717, 1.165) is 21.9 Å². The predicted molar refractivity (Wildman–Crippen MR) is 76.3 cm³/mol. The van der Waals surface area contributed by atoms with Crippen molar-refractivity contribution < 1.29 is 9.18 Å². The average molecular weight is 271 g/mol. The minimum absolute atomic E-state index is 0.368. The lowest BCUT2D eigenvalue weighted by Crippen LogP contribution is -2.11. The summed E-state index contributed by atoms with van der Waals surface area (Å²) in [5, 5.41) is 1.87. The van der Waals surface area contributed by atoms with Crippen molar-refractivity contribution in [1.29, 1.82) is 0 Å². The van der Waals surface area contributed by atoms with Crippen molar-refractivity contribution in [1.82, 2.24) is 9.55 Å². The summed E-state index contributed by atoms with van der Waals surface area (Å²) in [7, 11) is 0. The molecule has 5 heteroatoms. The van der Waals surface area contributed by atoms with Gasteiger partial charge in [0.2, 0.25) is 5.91 Å². The molecule has 102 valence electrons. The zero-order chi connectivity index (χ0) is 14.1. The highest BCUT2D eigenvalue weighted by atomic mass is 19.1. The van der Waals surface area contributed by atoms with E-state index in [-0.39, 0.29) is 6.67 Å². The molecular formula is C15H14FN3O. The van der Waals surface area contributed by atoms with Gasteiger partial charge in [0.1, 0.15) is 5.65 Å². The molecule has 0 bridgehead atoms. The van der Waals surface area contributed by atoms with E-state index in [1.54, 1.807) is 6.07 Å². The molecule has 3 rings (SSSR count). The summed E-state index contributed by atoms with van der Waals surface area (Å²) in [4.78, 5) is 15.6. The van der Waals surface area contributed by atoms with E-state index < -0.39 is 5.91 Å². The minimum Gasteiger partial charge on any atom is -0.366 e. The van der Waals surface area contributed by atoms with Gasteiger partial charge in [-0.3, -0.25) is 9.18 Å². The number of pyridine rings is 1. The molecule has 0 atom stereocenters. The van der Waals surface area contributed by atoms with Crippen molar-refractivity contribution in [3.05, 3.63) is 42.1 Å². The summed E-state index contributed by atoms with van der Waals surface area (Å²) < 4.78 is 14.4. The van der Waals surface area contributed by atoms with Crippen LogP contribution in [0.1, 0.15) is 16.8 Å². The number of hydrogen-bond donors (Lipinski definition) is 1. The number of carbonyl (C=O) groups is 1. The molecule has 0 aliphatic carbocycles. The smallest absolute Gasteiger partial charge is 0.250 e. The van der Waals surface area contributed by atoms with Crippen molar-refractivity contribution >= 4 is 27.8 Å². The summed E-state index contributed by atoms with van der Waals surface area (Å²) in [6.45, 7) is 0.191. The molecule has 3 aromatic rings. The summed E-state index contributed by atoms with van der Waals surface area (Å²) in [5.74, 6) is -0.500. The lowest BCUT2D eigenvalue weighted by atomic mass is 10.1. The highest BCUT2D eigenvalue weighted by Gasteiger charge is 2.13. The number of benzene rings is 1. The number of carbonyl (C=O) groups excluding carboxylic acids is 1. The van der Waals surface area contributed by atoms with Gasteiger partial charge in [-0.1, -0.05) is 18.2 Å². The Morgan fingerprint density at radius 1 is 1.30 bits per heavy atom. The number of primary amides is 1. The van der Waals surface area contributed by atoms with Gasteiger partial charge in [0.05, 0.1) is 17.8 Å². The first-order valence-corrected chi connectivity index (χ1v) is 6.45. The first-order chi connectivity index (χ1) is 9.72. The summed E-state index contributed by atoms with van der Waals surface area (Å²) >= 11 is 0. The molecule has 0 saturated carbocycles. The van der Waals surface area contributed by atoms with E-state index in [4.69, 9.17) is 5.73 Å². The number of aryl methyl sites for hydroxylation is 1. The number of rotatable bonds is 4. The first-order valence-electron chi connectivity index (χ1n) is 6.45. The van der Waals surface area contributed by atoms with Crippen LogP contribution in [-0.4, -0.2) is 22.1 Å². The SMILES string of the molecule is NC(=O)c1cnc2c(c1)c1ccccc1n2CCCF. The molecular weight excluding hydrogens is 257 g/mol. The molecule has 0 spiro atoms. The lowest BCUT2D eigenvalue weighted by Gasteiger charge is -2.04. The van der Waals surface area contributed by atoms with Crippen LogP contribution in [0.15, 0.2) is 36.5 Å². The fourth-order valence-corrected chi connectivity index (χ4v) is 2.50. The van der Waals surface area contributed by atoms with Crippen LogP contribution >= 0.6 is 0 Å². The summed E-state index contributed by atoms with van der Waals surface area (Å²) in [6, 6.07) is 9.55. The van der Waals surface area contributed by atoms with Gasteiger partial charge >= 0.3 is 0 Å². The molecule has 2 aromatic heterocycles. The van der Waals surface area contributed by atoms with Crippen LogP contribution in [0.25, 0.3) is 21.9 Å². The van der Waals surface area contributed by atoms with Crippen LogP contribution in [0.3, 0.4) is 0 Å². The highest BCUT2D eigenvalue weighted by molar-refractivity contribution is 6.08. The number of nitrogens with zero attached hydrogens (tertiary/aromatic N) is 2. The predicted octanol–water partition coefficient (Wildman–Crippen LogP) is 2.65. The fraction of sp³-hybridized carbons (Fsp3) is 0.200. The van der Waals surface area contributed by atoms with E-state index in [2.05, 4.69) is 4.98 Å². The van der Waals surface area contributed by atoms with Crippen LogP contribution in [0.5, 0.6) is 0 Å². The van der Waals surface area contributed by atoms with Crippen LogP contribution in [0, 0.1) is 0 Å². The standard InChI is InChI=1S/C15H14FN3O/c16-6-3-7-19-13-5-2-1-4-11(13)12-8-10(14(17)20)9-18-15(12)19/h1-2,4-5,8-9H,3,6-7H2,(H2,17,20). The van der Waals surface area contributed by atoms with Crippen LogP contribution in [0.2, 0.25) is 0 Å². The molecule has 1 amide bonds. The second-order valence-electron chi connectivity index (χ2n) is 4.67.